The van der Waals surface area contributed by atoms with Gasteiger partial charge in [-0.25, -0.2) is 0 Å². The molecule has 5 heteroatoms. The third-order valence-electron chi connectivity index (χ3n) is 4.91. The standard InChI is InChI=1S/C23H22N2O3/c1-27-18-12-17(13-19(14-18)28-2)22-24-21-11-7-6-10-20(21)23(26)25(22)15-16-8-4-3-5-9-16/h3-14,22,24H,15H2,1-2H3/t22-/m0/s1. The third kappa shape index (κ3) is 3.39. The Morgan fingerprint density at radius 3 is 2.21 bits per heavy atom. The lowest BCUT2D eigenvalue weighted by Crippen LogP contribution is -2.42. The molecule has 1 aliphatic heterocycles. The number of rotatable bonds is 5. The highest BCUT2D eigenvalue weighted by molar-refractivity contribution is 6.01. The first-order valence-corrected chi connectivity index (χ1v) is 9.13. The van der Waals surface area contributed by atoms with Gasteiger partial charge in [0.2, 0.25) is 0 Å². The Hall–Kier alpha value is -3.47. The Labute approximate surface area is 164 Å². The lowest BCUT2D eigenvalue weighted by atomic mass is 10.0. The molecule has 0 unspecified atom stereocenters. The fourth-order valence-corrected chi connectivity index (χ4v) is 3.49. The monoisotopic (exact) mass is 374 g/mol. The molecule has 3 aromatic rings. The van der Waals surface area contributed by atoms with Crippen molar-refractivity contribution in [3.8, 4) is 11.5 Å². The molecule has 1 amide bonds. The van der Waals surface area contributed by atoms with Gasteiger partial charge in [-0.2, -0.15) is 0 Å². The number of fused-ring (bicyclic) bond motifs is 1. The van der Waals surface area contributed by atoms with Gasteiger partial charge in [0.25, 0.3) is 5.91 Å². The fourth-order valence-electron chi connectivity index (χ4n) is 3.49. The Kier molecular flexibility index (Phi) is 4.89. The fraction of sp³-hybridized carbons (Fsp3) is 0.174. The van der Waals surface area contributed by atoms with E-state index in [0.29, 0.717) is 23.6 Å². The highest BCUT2D eigenvalue weighted by Gasteiger charge is 2.33. The van der Waals surface area contributed by atoms with E-state index < -0.39 is 0 Å². The highest BCUT2D eigenvalue weighted by atomic mass is 16.5. The molecule has 5 nitrogen and oxygen atoms in total. The van der Waals surface area contributed by atoms with Crippen molar-refractivity contribution < 1.29 is 14.3 Å². The van der Waals surface area contributed by atoms with Gasteiger partial charge in [0.05, 0.1) is 19.8 Å². The van der Waals surface area contributed by atoms with Crippen LogP contribution in [0.4, 0.5) is 5.69 Å². The van der Waals surface area contributed by atoms with Crippen molar-refractivity contribution in [3.05, 3.63) is 89.5 Å². The summed E-state index contributed by atoms with van der Waals surface area (Å²) < 4.78 is 10.9. The van der Waals surface area contributed by atoms with Crippen LogP contribution in [0.5, 0.6) is 11.5 Å². The predicted octanol–water partition coefficient (Wildman–Crippen LogP) is 4.47. The smallest absolute Gasteiger partial charge is 0.258 e. The number of methoxy groups -OCH3 is 2. The van der Waals surface area contributed by atoms with E-state index in [0.717, 1.165) is 16.8 Å². The summed E-state index contributed by atoms with van der Waals surface area (Å²) in [4.78, 5) is 15.2. The summed E-state index contributed by atoms with van der Waals surface area (Å²) in [5.41, 5.74) is 3.46. The lowest BCUT2D eigenvalue weighted by Gasteiger charge is -2.38. The minimum atomic E-state index is -0.341. The molecule has 1 N–H and O–H groups in total. The van der Waals surface area contributed by atoms with Gasteiger partial charge >= 0.3 is 0 Å². The lowest BCUT2D eigenvalue weighted by molar-refractivity contribution is 0.0666. The largest absolute Gasteiger partial charge is 0.497 e. The average Bonchev–Trinajstić information content (AvgIpc) is 2.76. The number of anilines is 1. The number of para-hydroxylation sites is 1. The summed E-state index contributed by atoms with van der Waals surface area (Å²) in [7, 11) is 3.24. The van der Waals surface area contributed by atoms with Crippen LogP contribution in [0.15, 0.2) is 72.8 Å². The van der Waals surface area contributed by atoms with Crippen LogP contribution >= 0.6 is 0 Å². The molecule has 1 heterocycles. The molecular formula is C23H22N2O3. The van der Waals surface area contributed by atoms with Gasteiger partial charge < -0.3 is 19.7 Å². The SMILES string of the molecule is COc1cc(OC)cc([C@H]2Nc3ccccc3C(=O)N2Cc2ccccc2)c1. The van der Waals surface area contributed by atoms with Crippen LogP contribution in [0.25, 0.3) is 0 Å². The molecule has 4 rings (SSSR count). The van der Waals surface area contributed by atoms with Crippen molar-refractivity contribution in [1.29, 1.82) is 0 Å². The second-order valence-electron chi connectivity index (χ2n) is 6.66. The predicted molar refractivity (Wildman–Crippen MR) is 109 cm³/mol. The number of carbonyl (C=O) groups excluding carboxylic acids is 1. The molecule has 0 aliphatic carbocycles. The number of nitrogens with zero attached hydrogens (tertiary/aromatic N) is 1. The molecule has 1 aliphatic rings. The Bertz CT molecular complexity index is 966. The van der Waals surface area contributed by atoms with Gasteiger partial charge in [0.15, 0.2) is 0 Å². The summed E-state index contributed by atoms with van der Waals surface area (Å²) in [5, 5.41) is 3.51. The quantitative estimate of drug-likeness (QED) is 0.716. The van der Waals surface area contributed by atoms with Gasteiger partial charge in [-0.05, 0) is 29.8 Å². The molecule has 0 radical (unpaired) electrons. The molecule has 142 valence electrons. The van der Waals surface area contributed by atoms with Crippen LogP contribution in [0.1, 0.15) is 27.7 Å². The number of hydrogen-bond acceptors (Lipinski definition) is 4. The maximum atomic E-state index is 13.3. The van der Waals surface area contributed by atoms with Crippen LogP contribution in [0, 0.1) is 0 Å². The van der Waals surface area contributed by atoms with Crippen molar-refractivity contribution in [2.45, 2.75) is 12.7 Å². The minimum absolute atomic E-state index is 0.00927. The second-order valence-corrected chi connectivity index (χ2v) is 6.66. The number of carbonyl (C=O) groups is 1. The van der Waals surface area contributed by atoms with E-state index in [2.05, 4.69) is 5.32 Å². The average molecular weight is 374 g/mol. The van der Waals surface area contributed by atoms with Crippen LogP contribution in [-0.2, 0) is 6.54 Å². The van der Waals surface area contributed by atoms with E-state index in [4.69, 9.17) is 9.47 Å². The number of hydrogen-bond donors (Lipinski definition) is 1. The zero-order valence-corrected chi connectivity index (χ0v) is 15.9. The molecular weight excluding hydrogens is 352 g/mol. The maximum absolute atomic E-state index is 13.3. The van der Waals surface area contributed by atoms with E-state index in [1.165, 1.54) is 0 Å². The summed E-state index contributed by atoms with van der Waals surface area (Å²) in [6.07, 6.45) is -0.341. The zero-order valence-electron chi connectivity index (χ0n) is 15.9. The van der Waals surface area contributed by atoms with Crippen molar-refractivity contribution in [1.82, 2.24) is 4.90 Å². The minimum Gasteiger partial charge on any atom is -0.497 e. The van der Waals surface area contributed by atoms with Crippen LogP contribution in [0.3, 0.4) is 0 Å². The molecule has 0 saturated carbocycles. The van der Waals surface area contributed by atoms with Crippen molar-refractivity contribution in [2.75, 3.05) is 19.5 Å². The normalized spacial score (nSPS) is 15.6. The zero-order chi connectivity index (χ0) is 19.5. The van der Waals surface area contributed by atoms with E-state index in [9.17, 15) is 4.79 Å². The number of ether oxygens (including phenoxy) is 2. The molecule has 28 heavy (non-hydrogen) atoms. The van der Waals surface area contributed by atoms with Gasteiger partial charge in [0.1, 0.15) is 17.7 Å². The van der Waals surface area contributed by atoms with Crippen molar-refractivity contribution in [2.24, 2.45) is 0 Å². The molecule has 3 aromatic carbocycles. The number of nitrogens with one attached hydrogen (secondary N) is 1. The molecule has 0 fully saturated rings. The highest BCUT2D eigenvalue weighted by Crippen LogP contribution is 2.36. The van der Waals surface area contributed by atoms with Gasteiger partial charge in [-0.15, -0.1) is 0 Å². The topological polar surface area (TPSA) is 50.8 Å². The second kappa shape index (κ2) is 7.64. The number of amides is 1. The molecule has 1 atom stereocenters. The summed E-state index contributed by atoms with van der Waals surface area (Å²) >= 11 is 0. The number of benzene rings is 3. The first kappa shape index (κ1) is 17.9. The Morgan fingerprint density at radius 1 is 0.893 bits per heavy atom. The van der Waals surface area contributed by atoms with Gasteiger partial charge in [-0.3, -0.25) is 4.79 Å². The molecule has 0 aromatic heterocycles. The van der Waals surface area contributed by atoms with E-state index in [-0.39, 0.29) is 12.1 Å². The Balaban J connectivity index is 1.79. The van der Waals surface area contributed by atoms with E-state index >= 15 is 0 Å². The van der Waals surface area contributed by atoms with Crippen LogP contribution in [0.2, 0.25) is 0 Å². The maximum Gasteiger partial charge on any atom is 0.258 e. The van der Waals surface area contributed by atoms with Crippen molar-refractivity contribution in [3.63, 3.8) is 0 Å². The van der Waals surface area contributed by atoms with E-state index in [1.807, 2.05) is 77.7 Å². The molecule has 0 bridgehead atoms. The first-order chi connectivity index (χ1) is 13.7. The van der Waals surface area contributed by atoms with Crippen LogP contribution < -0.4 is 14.8 Å². The third-order valence-corrected chi connectivity index (χ3v) is 4.91. The summed E-state index contributed by atoms with van der Waals surface area (Å²) in [6.45, 7) is 0.491. The first-order valence-electron chi connectivity index (χ1n) is 9.13. The van der Waals surface area contributed by atoms with E-state index in [1.54, 1.807) is 14.2 Å². The molecule has 0 spiro atoms. The summed E-state index contributed by atoms with van der Waals surface area (Å²) in [5.74, 6) is 1.36. The van der Waals surface area contributed by atoms with Gasteiger partial charge in [-0.1, -0.05) is 42.5 Å². The van der Waals surface area contributed by atoms with Crippen molar-refractivity contribution >= 4 is 11.6 Å². The Morgan fingerprint density at radius 2 is 1.54 bits per heavy atom. The molecule has 0 saturated heterocycles. The summed E-state index contributed by atoms with van der Waals surface area (Å²) in [6, 6.07) is 23.3. The van der Waals surface area contributed by atoms with Gasteiger partial charge in [0, 0.05) is 23.9 Å². The van der Waals surface area contributed by atoms with Crippen LogP contribution in [-0.4, -0.2) is 25.0 Å².